The number of ether oxygens (including phenoxy) is 1. The number of nitrogens with one attached hydrogen (secondary N) is 4. The first-order valence-corrected chi connectivity index (χ1v) is 13.9. The largest absolute Gasteiger partial charge is 0.497 e. The zero-order valence-electron chi connectivity index (χ0n) is 24.8. The molecule has 1 heterocycles. The van der Waals surface area contributed by atoms with Crippen LogP contribution in [0.1, 0.15) is 40.9 Å². The quantitative estimate of drug-likeness (QED) is 0.0817. The molecule has 0 aliphatic rings. The molecule has 8 N–H and O–H groups in total. The van der Waals surface area contributed by atoms with Crippen LogP contribution >= 0.6 is 0 Å². The number of anilines is 2. The molecule has 0 radical (unpaired) electrons. The molecule has 228 valence electrons. The van der Waals surface area contributed by atoms with E-state index in [2.05, 4.69) is 20.9 Å². The second kappa shape index (κ2) is 14.0. The van der Waals surface area contributed by atoms with Crippen LogP contribution in [-0.2, 0) is 24.4 Å². The van der Waals surface area contributed by atoms with E-state index < -0.39 is 11.5 Å². The number of carbonyl (C=O) groups excluding carboxylic acids is 2. The Kier molecular flexibility index (Phi) is 9.96. The van der Waals surface area contributed by atoms with Crippen LogP contribution in [0.5, 0.6) is 5.75 Å². The summed E-state index contributed by atoms with van der Waals surface area (Å²) in [5.41, 5.74) is 14.8. The lowest BCUT2D eigenvalue weighted by atomic mass is 10.1. The summed E-state index contributed by atoms with van der Waals surface area (Å²) in [7, 11) is 1.58. The summed E-state index contributed by atoms with van der Waals surface area (Å²) in [4.78, 5) is 44.0. The number of benzene rings is 3. The van der Waals surface area contributed by atoms with Crippen LogP contribution in [-0.4, -0.2) is 40.4 Å². The van der Waals surface area contributed by atoms with Gasteiger partial charge in [-0.25, -0.2) is 4.98 Å². The zero-order chi connectivity index (χ0) is 31.8. The van der Waals surface area contributed by atoms with Gasteiger partial charge in [-0.1, -0.05) is 36.4 Å². The van der Waals surface area contributed by atoms with Gasteiger partial charge in [0.15, 0.2) is 5.82 Å². The molecule has 2 amide bonds. The molecule has 4 aromatic rings. The molecule has 0 aliphatic carbocycles. The fraction of sp³-hybridized carbons (Fsp3) is 0.219. The SMILES string of the molecule is COc1ccc(CNC(=O)c2cc(N)cc(-c3cnc(NC(C)C)c(=O)n3CC(=O)NCc3ccc(C(=N)N)cc3)c2)cc1. The normalized spacial score (nSPS) is 10.7. The fourth-order valence-corrected chi connectivity index (χ4v) is 4.41. The van der Waals surface area contributed by atoms with Crippen LogP contribution in [0, 0.1) is 5.41 Å². The highest BCUT2D eigenvalue weighted by molar-refractivity contribution is 5.96. The van der Waals surface area contributed by atoms with Crippen molar-refractivity contribution in [3.05, 3.63) is 106 Å². The van der Waals surface area contributed by atoms with Crippen molar-refractivity contribution in [1.82, 2.24) is 20.2 Å². The first-order valence-electron chi connectivity index (χ1n) is 13.9. The molecule has 0 unspecified atom stereocenters. The lowest BCUT2D eigenvalue weighted by Crippen LogP contribution is -2.35. The average Bonchev–Trinajstić information content (AvgIpc) is 3.00. The lowest BCUT2D eigenvalue weighted by molar-refractivity contribution is -0.121. The number of nitrogen functional groups attached to an aromatic ring is 2. The molecular formula is C32H36N8O4. The fourth-order valence-electron chi connectivity index (χ4n) is 4.41. The number of rotatable bonds is 12. The van der Waals surface area contributed by atoms with Crippen LogP contribution in [0.2, 0.25) is 0 Å². The molecule has 12 heteroatoms. The third kappa shape index (κ3) is 8.00. The summed E-state index contributed by atoms with van der Waals surface area (Å²) in [6.45, 7) is 3.94. The first kappa shape index (κ1) is 31.3. The number of methoxy groups -OCH3 is 1. The summed E-state index contributed by atoms with van der Waals surface area (Å²) in [5.74, 6) is -0.00474. The van der Waals surface area contributed by atoms with Gasteiger partial charge in [0.25, 0.3) is 11.5 Å². The van der Waals surface area contributed by atoms with Gasteiger partial charge < -0.3 is 32.2 Å². The van der Waals surface area contributed by atoms with E-state index in [1.54, 1.807) is 49.6 Å². The van der Waals surface area contributed by atoms with Gasteiger partial charge in [-0.05, 0) is 55.3 Å². The summed E-state index contributed by atoms with van der Waals surface area (Å²) in [5, 5.41) is 16.2. The van der Waals surface area contributed by atoms with Crippen molar-refractivity contribution in [2.75, 3.05) is 18.2 Å². The van der Waals surface area contributed by atoms with Gasteiger partial charge in [0.1, 0.15) is 18.1 Å². The van der Waals surface area contributed by atoms with Gasteiger partial charge in [-0.2, -0.15) is 0 Å². The Labute approximate surface area is 255 Å². The summed E-state index contributed by atoms with van der Waals surface area (Å²) >= 11 is 0. The van der Waals surface area contributed by atoms with Crippen molar-refractivity contribution in [2.45, 2.75) is 39.5 Å². The molecule has 0 atom stereocenters. The van der Waals surface area contributed by atoms with Crippen molar-refractivity contribution in [2.24, 2.45) is 5.73 Å². The van der Waals surface area contributed by atoms with E-state index >= 15 is 0 Å². The smallest absolute Gasteiger partial charge is 0.294 e. The van der Waals surface area contributed by atoms with Crippen molar-refractivity contribution in [1.29, 1.82) is 5.41 Å². The summed E-state index contributed by atoms with van der Waals surface area (Å²) in [6.07, 6.45) is 1.48. The molecule has 0 fully saturated rings. The van der Waals surface area contributed by atoms with Gasteiger partial charge in [-0.15, -0.1) is 0 Å². The van der Waals surface area contributed by atoms with Crippen molar-refractivity contribution in [3.63, 3.8) is 0 Å². The number of nitrogens with zero attached hydrogens (tertiary/aromatic N) is 2. The maximum Gasteiger partial charge on any atom is 0.294 e. The minimum Gasteiger partial charge on any atom is -0.497 e. The molecule has 0 aliphatic heterocycles. The topological polar surface area (TPSA) is 190 Å². The molecule has 0 saturated heterocycles. The average molecular weight is 597 g/mol. The molecule has 1 aromatic heterocycles. The zero-order valence-corrected chi connectivity index (χ0v) is 24.8. The number of nitrogens with two attached hydrogens (primary N) is 2. The van der Waals surface area contributed by atoms with E-state index in [1.165, 1.54) is 10.8 Å². The Morgan fingerprint density at radius 2 is 1.59 bits per heavy atom. The minimum atomic E-state index is -0.495. The summed E-state index contributed by atoms with van der Waals surface area (Å²) in [6, 6.07) is 19.0. The maximum absolute atomic E-state index is 13.5. The van der Waals surface area contributed by atoms with Crippen LogP contribution in [0.4, 0.5) is 11.5 Å². The van der Waals surface area contributed by atoms with Crippen LogP contribution in [0.25, 0.3) is 11.3 Å². The van der Waals surface area contributed by atoms with Gasteiger partial charge in [-0.3, -0.25) is 24.4 Å². The Hall–Kier alpha value is -5.65. The van der Waals surface area contributed by atoms with Gasteiger partial charge in [0.2, 0.25) is 5.91 Å². The highest BCUT2D eigenvalue weighted by atomic mass is 16.5. The standard InChI is InChI=1S/C32H36N8O4/c1-19(2)39-30-32(43)40(18-28(41)36-15-20-4-8-22(9-5-20)29(34)35)27(17-37-30)23-12-24(14-25(33)13-23)31(42)38-16-21-6-10-26(44-3)11-7-21/h4-14,17,19H,15-16,18,33H2,1-3H3,(H3,34,35)(H,36,41)(H,37,39)(H,38,42). The maximum atomic E-state index is 13.5. The van der Waals surface area contributed by atoms with E-state index in [1.807, 2.05) is 38.1 Å². The number of aromatic nitrogens is 2. The molecule has 0 spiro atoms. The predicted octanol–water partition coefficient (Wildman–Crippen LogP) is 2.85. The molecule has 0 saturated carbocycles. The highest BCUT2D eigenvalue weighted by Crippen LogP contribution is 2.24. The molecule has 44 heavy (non-hydrogen) atoms. The number of hydrogen-bond acceptors (Lipinski definition) is 8. The lowest BCUT2D eigenvalue weighted by Gasteiger charge is -2.17. The number of amidine groups is 1. The molecule has 0 bridgehead atoms. The molecule has 3 aromatic carbocycles. The van der Waals surface area contributed by atoms with Crippen LogP contribution in [0.15, 0.2) is 77.7 Å². The molecule has 12 nitrogen and oxygen atoms in total. The Morgan fingerprint density at radius 1 is 0.955 bits per heavy atom. The number of carbonyl (C=O) groups is 2. The first-order chi connectivity index (χ1) is 21.0. The molecule has 4 rings (SSSR count). The van der Waals surface area contributed by atoms with Crippen molar-refractivity contribution >= 4 is 29.2 Å². The molecular weight excluding hydrogens is 560 g/mol. The van der Waals surface area contributed by atoms with Gasteiger partial charge >= 0.3 is 0 Å². The van der Waals surface area contributed by atoms with E-state index in [0.717, 1.165) is 11.1 Å². The van der Waals surface area contributed by atoms with Crippen molar-refractivity contribution in [3.8, 4) is 17.0 Å². The third-order valence-electron chi connectivity index (χ3n) is 6.66. The van der Waals surface area contributed by atoms with Crippen LogP contribution < -0.4 is 37.7 Å². The second-order valence-electron chi connectivity index (χ2n) is 10.4. The van der Waals surface area contributed by atoms with Gasteiger partial charge in [0.05, 0.1) is 19.0 Å². The monoisotopic (exact) mass is 596 g/mol. The predicted molar refractivity (Wildman–Crippen MR) is 171 cm³/mol. The number of amides is 2. The van der Waals surface area contributed by atoms with E-state index in [9.17, 15) is 14.4 Å². The Bertz CT molecular complexity index is 1710. The van der Waals surface area contributed by atoms with E-state index in [4.69, 9.17) is 21.6 Å². The second-order valence-corrected chi connectivity index (χ2v) is 10.4. The minimum absolute atomic E-state index is 0.0459. The van der Waals surface area contributed by atoms with Crippen molar-refractivity contribution < 1.29 is 14.3 Å². The van der Waals surface area contributed by atoms with Crippen LogP contribution in [0.3, 0.4) is 0 Å². The van der Waals surface area contributed by atoms with E-state index in [0.29, 0.717) is 28.3 Å². The third-order valence-corrected chi connectivity index (χ3v) is 6.66. The number of hydrogen-bond donors (Lipinski definition) is 6. The Balaban J connectivity index is 1.58. The highest BCUT2D eigenvalue weighted by Gasteiger charge is 2.18. The Morgan fingerprint density at radius 3 is 2.20 bits per heavy atom. The van der Waals surface area contributed by atoms with Gasteiger partial charge in [0, 0.05) is 41.5 Å². The van der Waals surface area contributed by atoms with E-state index in [-0.39, 0.29) is 48.8 Å². The summed E-state index contributed by atoms with van der Waals surface area (Å²) < 4.78 is 6.48.